The quantitative estimate of drug-likeness (QED) is 0.545. The Balaban J connectivity index is 1.99. The van der Waals surface area contributed by atoms with Gasteiger partial charge >= 0.3 is 0 Å². The molecule has 0 unspecified atom stereocenters. The molecule has 3 aromatic rings. The maximum atomic E-state index is 12.9. The first kappa shape index (κ1) is 20.8. The van der Waals surface area contributed by atoms with Crippen LogP contribution in [-0.4, -0.2) is 46.8 Å². The molecule has 0 radical (unpaired) electrons. The average Bonchev–Trinajstić information content (AvgIpc) is 3.11. The topological polar surface area (TPSA) is 99.9 Å². The summed E-state index contributed by atoms with van der Waals surface area (Å²) in [4.78, 5) is 22.0. The molecule has 154 valence electrons. The number of aromatic nitrogens is 4. The number of carbonyl (C=O) groups excluding carboxylic acids is 1. The highest BCUT2D eigenvalue weighted by atomic mass is 79.9. The summed E-state index contributed by atoms with van der Waals surface area (Å²) in [6.07, 6.45) is 4.28. The third-order valence-electron chi connectivity index (χ3n) is 4.28. The summed E-state index contributed by atoms with van der Waals surface area (Å²) in [5.74, 6) is 1.71. The fraction of sp³-hybridized carbons (Fsp3) is 0.368. The Hall–Kier alpha value is -2.88. The second kappa shape index (κ2) is 9.08. The number of ether oxygens (including phenoxy) is 3. The van der Waals surface area contributed by atoms with Crippen molar-refractivity contribution in [1.82, 2.24) is 19.6 Å². The number of benzene rings is 1. The zero-order valence-corrected chi connectivity index (χ0v) is 18.2. The van der Waals surface area contributed by atoms with Gasteiger partial charge in [-0.1, -0.05) is 13.3 Å². The van der Waals surface area contributed by atoms with Crippen LogP contribution in [0.4, 0.5) is 5.95 Å². The van der Waals surface area contributed by atoms with Crippen molar-refractivity contribution in [3.05, 3.63) is 34.2 Å². The SMILES string of the molecule is CCCCc1nc(NC(=O)c2cc(OC)c(OC)c(OC)c2)n2ncc(Br)c2n1. The molecule has 1 N–H and O–H groups in total. The number of halogens is 1. The van der Waals surface area contributed by atoms with Crippen LogP contribution in [0, 0.1) is 0 Å². The van der Waals surface area contributed by atoms with Crippen molar-refractivity contribution >= 4 is 33.4 Å². The smallest absolute Gasteiger partial charge is 0.258 e. The predicted molar refractivity (Wildman–Crippen MR) is 111 cm³/mol. The monoisotopic (exact) mass is 463 g/mol. The van der Waals surface area contributed by atoms with Crippen LogP contribution >= 0.6 is 15.9 Å². The minimum atomic E-state index is -0.391. The summed E-state index contributed by atoms with van der Waals surface area (Å²) < 4.78 is 18.2. The summed E-state index contributed by atoms with van der Waals surface area (Å²) in [5.41, 5.74) is 0.916. The van der Waals surface area contributed by atoms with Crippen molar-refractivity contribution < 1.29 is 19.0 Å². The maximum Gasteiger partial charge on any atom is 0.258 e. The van der Waals surface area contributed by atoms with E-state index in [9.17, 15) is 4.79 Å². The van der Waals surface area contributed by atoms with Crippen LogP contribution in [0.15, 0.2) is 22.8 Å². The van der Waals surface area contributed by atoms with E-state index in [-0.39, 0.29) is 5.95 Å². The zero-order chi connectivity index (χ0) is 21.0. The number of hydrogen-bond donors (Lipinski definition) is 1. The summed E-state index contributed by atoms with van der Waals surface area (Å²) in [6.45, 7) is 2.10. The van der Waals surface area contributed by atoms with Gasteiger partial charge in [-0.2, -0.15) is 14.6 Å². The molecule has 2 aromatic heterocycles. The number of rotatable bonds is 8. The Morgan fingerprint density at radius 1 is 1.14 bits per heavy atom. The standard InChI is InChI=1S/C19H22BrN5O4/c1-5-6-7-15-22-17-12(20)10-21-25(17)19(23-15)24-18(26)11-8-13(27-2)16(29-4)14(9-11)28-3/h8-10H,5-7H2,1-4H3,(H,22,23,24,26). The molecule has 0 aliphatic carbocycles. The van der Waals surface area contributed by atoms with E-state index in [0.29, 0.717) is 40.7 Å². The lowest BCUT2D eigenvalue weighted by Gasteiger charge is -2.14. The maximum absolute atomic E-state index is 12.9. The Labute approximate surface area is 176 Å². The van der Waals surface area contributed by atoms with Crippen LogP contribution in [0.1, 0.15) is 35.9 Å². The molecular weight excluding hydrogens is 442 g/mol. The second-order valence-electron chi connectivity index (χ2n) is 6.16. The number of unbranched alkanes of at least 4 members (excludes halogenated alkanes) is 1. The largest absolute Gasteiger partial charge is 0.493 e. The van der Waals surface area contributed by atoms with Gasteiger partial charge in [-0.25, -0.2) is 4.98 Å². The normalized spacial score (nSPS) is 10.8. The molecule has 0 fully saturated rings. The second-order valence-corrected chi connectivity index (χ2v) is 7.02. The van der Waals surface area contributed by atoms with Gasteiger partial charge in [-0.3, -0.25) is 10.1 Å². The van der Waals surface area contributed by atoms with E-state index >= 15 is 0 Å². The number of hydrogen-bond acceptors (Lipinski definition) is 7. The molecule has 1 aromatic carbocycles. The lowest BCUT2D eigenvalue weighted by Crippen LogP contribution is -2.18. The Kier molecular flexibility index (Phi) is 6.53. The van der Waals surface area contributed by atoms with Gasteiger partial charge in [-0.05, 0) is 34.5 Å². The number of carbonyl (C=O) groups is 1. The van der Waals surface area contributed by atoms with E-state index in [2.05, 4.69) is 43.2 Å². The van der Waals surface area contributed by atoms with Crippen LogP contribution in [0.2, 0.25) is 0 Å². The van der Waals surface area contributed by atoms with E-state index in [0.717, 1.165) is 17.3 Å². The summed E-state index contributed by atoms with van der Waals surface area (Å²) >= 11 is 3.43. The molecule has 9 nitrogen and oxygen atoms in total. The molecular formula is C19H22BrN5O4. The van der Waals surface area contributed by atoms with Crippen LogP contribution in [0.5, 0.6) is 17.2 Å². The molecule has 0 saturated carbocycles. The number of aryl methyl sites for hydroxylation is 1. The Bertz CT molecular complexity index is 1010. The molecule has 0 saturated heterocycles. The predicted octanol–water partition coefficient (Wildman–Crippen LogP) is 3.51. The van der Waals surface area contributed by atoms with Crippen LogP contribution < -0.4 is 19.5 Å². The molecule has 0 aliphatic heterocycles. The fourth-order valence-corrected chi connectivity index (χ4v) is 3.16. The first-order valence-corrected chi connectivity index (χ1v) is 9.83. The molecule has 1 amide bonds. The highest BCUT2D eigenvalue weighted by Gasteiger charge is 2.19. The van der Waals surface area contributed by atoms with Crippen LogP contribution in [0.25, 0.3) is 5.65 Å². The molecule has 0 bridgehead atoms. The third-order valence-corrected chi connectivity index (χ3v) is 4.84. The fourth-order valence-electron chi connectivity index (χ4n) is 2.81. The van der Waals surface area contributed by atoms with Crippen molar-refractivity contribution in [2.75, 3.05) is 26.6 Å². The molecule has 3 rings (SSSR count). The number of amides is 1. The lowest BCUT2D eigenvalue weighted by molar-refractivity contribution is 0.102. The number of anilines is 1. The van der Waals surface area contributed by atoms with Gasteiger partial charge in [0.1, 0.15) is 5.82 Å². The number of nitrogens with zero attached hydrogens (tertiary/aromatic N) is 4. The Morgan fingerprint density at radius 3 is 2.41 bits per heavy atom. The number of nitrogens with one attached hydrogen (secondary N) is 1. The minimum Gasteiger partial charge on any atom is -0.493 e. The molecule has 2 heterocycles. The van der Waals surface area contributed by atoms with Crippen LogP contribution in [-0.2, 0) is 6.42 Å². The van der Waals surface area contributed by atoms with Gasteiger partial charge in [0.15, 0.2) is 17.1 Å². The minimum absolute atomic E-state index is 0.283. The summed E-state index contributed by atoms with van der Waals surface area (Å²) in [5, 5.41) is 7.05. The summed E-state index contributed by atoms with van der Waals surface area (Å²) in [7, 11) is 4.49. The van der Waals surface area contributed by atoms with E-state index in [4.69, 9.17) is 14.2 Å². The highest BCUT2D eigenvalue weighted by Crippen LogP contribution is 2.38. The van der Waals surface area contributed by atoms with Gasteiger partial charge in [-0.15, -0.1) is 0 Å². The number of fused-ring (bicyclic) bond motifs is 1. The van der Waals surface area contributed by atoms with Crippen molar-refractivity contribution in [2.45, 2.75) is 26.2 Å². The van der Waals surface area contributed by atoms with Gasteiger partial charge in [0.25, 0.3) is 5.91 Å². The van der Waals surface area contributed by atoms with Crippen molar-refractivity contribution in [1.29, 1.82) is 0 Å². The van der Waals surface area contributed by atoms with Crippen LogP contribution in [0.3, 0.4) is 0 Å². The molecule has 0 spiro atoms. The van der Waals surface area contributed by atoms with Gasteiger partial charge < -0.3 is 14.2 Å². The highest BCUT2D eigenvalue weighted by molar-refractivity contribution is 9.10. The van der Waals surface area contributed by atoms with Gasteiger partial charge in [0, 0.05) is 12.0 Å². The molecule has 29 heavy (non-hydrogen) atoms. The lowest BCUT2D eigenvalue weighted by atomic mass is 10.1. The molecule has 0 atom stereocenters. The van der Waals surface area contributed by atoms with Crippen molar-refractivity contribution in [3.63, 3.8) is 0 Å². The first-order chi connectivity index (χ1) is 14.0. The van der Waals surface area contributed by atoms with E-state index < -0.39 is 5.91 Å². The Morgan fingerprint density at radius 2 is 1.83 bits per heavy atom. The molecule has 10 heteroatoms. The first-order valence-electron chi connectivity index (χ1n) is 9.03. The van der Waals surface area contributed by atoms with Crippen molar-refractivity contribution in [3.8, 4) is 17.2 Å². The molecule has 0 aliphatic rings. The van der Waals surface area contributed by atoms with E-state index in [1.807, 2.05) is 0 Å². The van der Waals surface area contributed by atoms with Gasteiger partial charge in [0.05, 0.1) is 32.0 Å². The third kappa shape index (κ3) is 4.26. The van der Waals surface area contributed by atoms with E-state index in [1.165, 1.54) is 25.8 Å². The number of methoxy groups -OCH3 is 3. The summed E-state index contributed by atoms with van der Waals surface area (Å²) in [6, 6.07) is 3.15. The van der Waals surface area contributed by atoms with E-state index in [1.54, 1.807) is 18.3 Å². The van der Waals surface area contributed by atoms with Crippen molar-refractivity contribution in [2.24, 2.45) is 0 Å². The average molecular weight is 464 g/mol. The zero-order valence-electron chi connectivity index (χ0n) is 16.7. The van der Waals surface area contributed by atoms with Gasteiger partial charge in [0.2, 0.25) is 11.7 Å².